The number of hydrogen-bond acceptors (Lipinski definition) is 4. The molecule has 2 aromatic carbocycles. The third-order valence-electron chi connectivity index (χ3n) is 14.0. The smallest absolute Gasteiger partial charge is 0.0446 e. The Balaban J connectivity index is 1.32. The number of hydrogen-bond donors (Lipinski definition) is 0. The molecule has 4 heterocycles. The molecule has 0 N–H and O–H groups in total. The van der Waals surface area contributed by atoms with Crippen molar-refractivity contribution in [3.05, 3.63) is 43.8 Å². The standard InChI is InChI=1S/C58H88S4/c1-5-9-13-17-21-25-29-33-37-45-41-49-50-42-46(38-34-30-26-22-18-14-10-6-2)60-56(50)54-53(55(49)59-45)57-51(43-47(61-57)39-35-31-27-23-19-15-11-7-3)52-44-48(62-58(52)54)40-36-32-28-24-20-16-12-8-4/h41-44H,5-40H2,1-4H3. The third-order valence-corrected chi connectivity index (χ3v) is 18.8. The summed E-state index contributed by atoms with van der Waals surface area (Å²) in [7, 11) is 0. The fraction of sp³-hybridized carbons (Fsp3) is 0.690. The SMILES string of the molecule is CCCCCCCCCCc1cc2c3cc(CCCCCCCCCC)sc3c3c4sc(CCCCCCCCCC)cc4c4cc(CCCCCCCCCC)sc4c3c2s1. The van der Waals surface area contributed by atoms with Crippen LogP contribution in [0.4, 0.5) is 0 Å². The van der Waals surface area contributed by atoms with Crippen molar-refractivity contribution in [1.29, 1.82) is 0 Å². The lowest BCUT2D eigenvalue weighted by Gasteiger charge is -2.07. The highest BCUT2D eigenvalue weighted by Gasteiger charge is 2.23. The molecule has 0 saturated carbocycles. The molecule has 0 saturated heterocycles. The topological polar surface area (TPSA) is 0 Å². The molecule has 0 bridgehead atoms. The van der Waals surface area contributed by atoms with E-state index in [1.54, 1.807) is 70.6 Å². The van der Waals surface area contributed by atoms with Gasteiger partial charge in [0.15, 0.2) is 0 Å². The molecule has 0 aliphatic rings. The summed E-state index contributed by atoms with van der Waals surface area (Å²) in [6, 6.07) is 10.7. The number of unbranched alkanes of at least 4 members (excludes halogenated alkanes) is 28. The molecule has 0 fully saturated rings. The van der Waals surface area contributed by atoms with E-state index in [1.165, 1.54) is 231 Å². The first kappa shape index (κ1) is 50.0. The summed E-state index contributed by atoms with van der Waals surface area (Å²) in [5.41, 5.74) is 0. The van der Waals surface area contributed by atoms with Crippen LogP contribution in [0, 0.1) is 0 Å². The monoisotopic (exact) mass is 913 g/mol. The van der Waals surface area contributed by atoms with Gasteiger partial charge in [0, 0.05) is 70.6 Å². The van der Waals surface area contributed by atoms with Crippen molar-refractivity contribution < 1.29 is 0 Å². The molecule has 0 nitrogen and oxygen atoms in total. The van der Waals surface area contributed by atoms with Gasteiger partial charge in [0.2, 0.25) is 0 Å². The van der Waals surface area contributed by atoms with Crippen molar-refractivity contribution in [2.75, 3.05) is 0 Å². The second kappa shape index (κ2) is 28.5. The van der Waals surface area contributed by atoms with Crippen LogP contribution in [-0.4, -0.2) is 0 Å². The van der Waals surface area contributed by atoms with E-state index < -0.39 is 0 Å². The second-order valence-corrected chi connectivity index (χ2v) is 24.0. The largest absolute Gasteiger partial charge is 0.140 e. The van der Waals surface area contributed by atoms with Gasteiger partial charge in [0.1, 0.15) is 0 Å². The van der Waals surface area contributed by atoms with E-state index in [9.17, 15) is 0 Å². The van der Waals surface area contributed by atoms with E-state index in [0.29, 0.717) is 0 Å². The average molecular weight is 914 g/mol. The Kier molecular flexibility index (Phi) is 23.0. The van der Waals surface area contributed by atoms with E-state index in [1.807, 2.05) is 0 Å². The molecular formula is C58H88S4. The Morgan fingerprint density at radius 1 is 0.242 bits per heavy atom. The predicted octanol–water partition coefficient (Wildman–Crippen LogP) is 22.4. The maximum Gasteiger partial charge on any atom is 0.0446 e. The fourth-order valence-electron chi connectivity index (χ4n) is 10.2. The van der Waals surface area contributed by atoms with Gasteiger partial charge in [-0.2, -0.15) is 0 Å². The van der Waals surface area contributed by atoms with Crippen LogP contribution < -0.4 is 0 Å². The fourth-order valence-corrected chi connectivity index (χ4v) is 15.4. The minimum atomic E-state index is 1.24. The summed E-state index contributed by atoms with van der Waals surface area (Å²) in [6.45, 7) is 9.32. The maximum atomic E-state index is 2.67. The van der Waals surface area contributed by atoms with E-state index >= 15 is 0 Å². The predicted molar refractivity (Wildman–Crippen MR) is 291 cm³/mol. The first-order valence-electron chi connectivity index (χ1n) is 26.9. The van der Waals surface area contributed by atoms with Gasteiger partial charge in [-0.25, -0.2) is 0 Å². The summed E-state index contributed by atoms with van der Waals surface area (Å²) in [5.74, 6) is 0. The van der Waals surface area contributed by atoms with Crippen LogP contribution in [0.15, 0.2) is 24.3 Å². The zero-order valence-corrected chi connectivity index (χ0v) is 43.7. The van der Waals surface area contributed by atoms with Gasteiger partial charge in [-0.05, 0) is 75.6 Å². The molecule has 344 valence electrons. The van der Waals surface area contributed by atoms with Gasteiger partial charge in [0.05, 0.1) is 0 Å². The van der Waals surface area contributed by atoms with Crippen LogP contribution in [0.3, 0.4) is 0 Å². The zero-order valence-electron chi connectivity index (χ0n) is 40.4. The quantitative estimate of drug-likeness (QED) is 0.0345. The van der Waals surface area contributed by atoms with Crippen molar-refractivity contribution in [3.8, 4) is 0 Å². The van der Waals surface area contributed by atoms with Crippen molar-refractivity contribution in [3.63, 3.8) is 0 Å². The maximum absolute atomic E-state index is 2.67. The van der Waals surface area contributed by atoms with Crippen LogP contribution >= 0.6 is 45.3 Å². The Hall–Kier alpha value is -1.46. The van der Waals surface area contributed by atoms with Crippen LogP contribution in [0.25, 0.3) is 51.1 Å². The van der Waals surface area contributed by atoms with Crippen molar-refractivity contribution in [1.82, 2.24) is 0 Å². The Morgan fingerprint density at radius 3 is 0.613 bits per heavy atom. The zero-order chi connectivity index (χ0) is 43.2. The molecule has 4 aromatic heterocycles. The van der Waals surface area contributed by atoms with E-state index in [-0.39, 0.29) is 0 Å². The molecule has 0 atom stereocenters. The van der Waals surface area contributed by atoms with Gasteiger partial charge >= 0.3 is 0 Å². The summed E-state index contributed by atoms with van der Waals surface area (Å²) in [4.78, 5) is 6.50. The Labute approximate surface area is 396 Å². The van der Waals surface area contributed by atoms with Crippen LogP contribution in [0.5, 0.6) is 0 Å². The molecule has 0 aliphatic carbocycles. The highest BCUT2D eigenvalue weighted by atomic mass is 32.1. The summed E-state index contributed by atoms with van der Waals surface area (Å²) in [6.07, 6.45) is 49.6. The van der Waals surface area contributed by atoms with E-state index in [4.69, 9.17) is 0 Å². The van der Waals surface area contributed by atoms with Crippen molar-refractivity contribution >= 4 is 96.5 Å². The minimum Gasteiger partial charge on any atom is -0.140 e. The van der Waals surface area contributed by atoms with Gasteiger partial charge in [-0.1, -0.05) is 207 Å². The molecule has 0 amide bonds. The summed E-state index contributed by atoms with van der Waals surface area (Å²) >= 11 is 8.69. The minimum absolute atomic E-state index is 1.24. The normalized spacial score (nSPS) is 12.3. The molecule has 6 aromatic rings. The molecule has 0 aliphatic heterocycles. The Morgan fingerprint density at radius 2 is 0.419 bits per heavy atom. The lowest BCUT2D eigenvalue weighted by molar-refractivity contribution is 0.576. The number of benzene rings is 2. The number of aryl methyl sites for hydroxylation is 4. The molecule has 0 radical (unpaired) electrons. The highest BCUT2D eigenvalue weighted by Crippen LogP contribution is 2.52. The first-order chi connectivity index (χ1) is 30.7. The van der Waals surface area contributed by atoms with Gasteiger partial charge in [0.25, 0.3) is 0 Å². The summed E-state index contributed by atoms with van der Waals surface area (Å²) < 4.78 is 6.40. The molecule has 0 spiro atoms. The summed E-state index contributed by atoms with van der Waals surface area (Å²) in [5, 5.41) is 9.52. The Bertz CT molecular complexity index is 1830. The van der Waals surface area contributed by atoms with Crippen LogP contribution in [0.2, 0.25) is 0 Å². The molecule has 62 heavy (non-hydrogen) atoms. The third kappa shape index (κ3) is 14.8. The highest BCUT2D eigenvalue weighted by molar-refractivity contribution is 7.27. The molecule has 0 unspecified atom stereocenters. The lowest BCUT2D eigenvalue weighted by atomic mass is 9.99. The van der Waals surface area contributed by atoms with Crippen molar-refractivity contribution in [2.45, 2.75) is 259 Å². The van der Waals surface area contributed by atoms with Crippen LogP contribution in [0.1, 0.15) is 253 Å². The number of fused-ring (bicyclic) bond motifs is 11. The van der Waals surface area contributed by atoms with Gasteiger partial charge in [-0.15, -0.1) is 45.3 Å². The van der Waals surface area contributed by atoms with Crippen molar-refractivity contribution in [2.24, 2.45) is 0 Å². The molecule has 6 rings (SSSR count). The van der Waals surface area contributed by atoms with E-state index in [2.05, 4.69) is 97.3 Å². The number of thiophene rings is 4. The number of rotatable bonds is 36. The molecular weight excluding hydrogens is 825 g/mol. The van der Waals surface area contributed by atoms with Gasteiger partial charge < -0.3 is 0 Å². The van der Waals surface area contributed by atoms with E-state index in [0.717, 1.165) is 0 Å². The first-order valence-corrected chi connectivity index (χ1v) is 30.2. The lowest BCUT2D eigenvalue weighted by Crippen LogP contribution is -1.83. The second-order valence-electron chi connectivity index (χ2n) is 19.5. The van der Waals surface area contributed by atoms with Gasteiger partial charge in [-0.3, -0.25) is 0 Å². The average Bonchev–Trinajstić information content (AvgIpc) is 4.09. The molecule has 4 heteroatoms. The van der Waals surface area contributed by atoms with Crippen LogP contribution in [-0.2, 0) is 25.7 Å².